The number of ether oxygens (including phenoxy) is 2. The highest BCUT2D eigenvalue weighted by molar-refractivity contribution is 5.78. The molecule has 5 heteroatoms. The molecule has 2 atom stereocenters. The first-order valence-corrected chi connectivity index (χ1v) is 5.73. The summed E-state index contributed by atoms with van der Waals surface area (Å²) in [5.74, 6) is -2.74. The second-order valence-electron chi connectivity index (χ2n) is 3.93. The van der Waals surface area contributed by atoms with E-state index in [0.29, 0.717) is 0 Å². The van der Waals surface area contributed by atoms with E-state index in [4.69, 9.17) is 5.26 Å². The molecule has 2 unspecified atom stereocenters. The lowest BCUT2D eigenvalue weighted by Crippen LogP contribution is -2.24. The van der Waals surface area contributed by atoms with Crippen molar-refractivity contribution in [3.63, 3.8) is 0 Å². The maximum Gasteiger partial charge on any atom is 0.323 e. The molecule has 0 aliphatic carbocycles. The van der Waals surface area contributed by atoms with E-state index in [1.807, 2.05) is 12.1 Å². The van der Waals surface area contributed by atoms with Gasteiger partial charge >= 0.3 is 11.9 Å². The fourth-order valence-corrected chi connectivity index (χ4v) is 1.83. The van der Waals surface area contributed by atoms with Crippen LogP contribution in [0.5, 0.6) is 0 Å². The summed E-state index contributed by atoms with van der Waals surface area (Å²) in [6, 6.07) is 10.8. The summed E-state index contributed by atoms with van der Waals surface area (Å²) in [4.78, 5) is 23.1. The average Bonchev–Trinajstić information content (AvgIpc) is 2.47. The number of carbonyl (C=O) groups is 2. The number of esters is 2. The molecule has 0 aliphatic rings. The van der Waals surface area contributed by atoms with E-state index in [9.17, 15) is 9.59 Å². The van der Waals surface area contributed by atoms with E-state index in [2.05, 4.69) is 9.47 Å². The van der Waals surface area contributed by atoms with Crippen LogP contribution in [0.4, 0.5) is 0 Å². The Morgan fingerprint density at radius 2 is 1.84 bits per heavy atom. The van der Waals surface area contributed by atoms with Crippen LogP contribution in [0.15, 0.2) is 30.3 Å². The normalized spacial score (nSPS) is 12.9. The summed E-state index contributed by atoms with van der Waals surface area (Å²) in [6.07, 6.45) is -0.0478. The third-order valence-corrected chi connectivity index (χ3v) is 2.84. The van der Waals surface area contributed by atoms with Gasteiger partial charge in [-0.3, -0.25) is 9.59 Å². The van der Waals surface area contributed by atoms with Gasteiger partial charge in [0.2, 0.25) is 0 Å². The van der Waals surface area contributed by atoms with Gasteiger partial charge in [-0.1, -0.05) is 30.3 Å². The Hall–Kier alpha value is -2.35. The Labute approximate surface area is 111 Å². The first-order chi connectivity index (χ1) is 9.13. The SMILES string of the molecule is COC(=O)CC(c1ccccc1)C(C#N)C(=O)OC. The third-order valence-electron chi connectivity index (χ3n) is 2.84. The lowest BCUT2D eigenvalue weighted by molar-refractivity contribution is -0.145. The largest absolute Gasteiger partial charge is 0.469 e. The Morgan fingerprint density at radius 3 is 2.32 bits per heavy atom. The minimum atomic E-state index is -1.04. The zero-order chi connectivity index (χ0) is 14.3. The van der Waals surface area contributed by atoms with Gasteiger partial charge in [-0.05, 0) is 5.56 Å². The smallest absolute Gasteiger partial charge is 0.323 e. The molecule has 0 fully saturated rings. The number of methoxy groups -OCH3 is 2. The molecule has 0 radical (unpaired) electrons. The van der Waals surface area contributed by atoms with Crippen molar-refractivity contribution in [1.82, 2.24) is 0 Å². The molecule has 0 spiro atoms. The summed E-state index contributed by atoms with van der Waals surface area (Å²) in [5, 5.41) is 9.14. The lowest BCUT2D eigenvalue weighted by Gasteiger charge is -2.19. The summed E-state index contributed by atoms with van der Waals surface area (Å²) in [7, 11) is 2.48. The zero-order valence-electron chi connectivity index (χ0n) is 10.8. The highest BCUT2D eigenvalue weighted by Crippen LogP contribution is 2.29. The quantitative estimate of drug-likeness (QED) is 0.753. The topological polar surface area (TPSA) is 76.4 Å². The minimum absolute atomic E-state index is 0.0478. The van der Waals surface area contributed by atoms with Crippen molar-refractivity contribution in [2.45, 2.75) is 12.3 Å². The molecule has 1 aromatic rings. The fraction of sp³-hybridized carbons (Fsp3) is 0.357. The van der Waals surface area contributed by atoms with Gasteiger partial charge < -0.3 is 9.47 Å². The van der Waals surface area contributed by atoms with E-state index < -0.39 is 23.8 Å². The van der Waals surface area contributed by atoms with Gasteiger partial charge in [0.05, 0.1) is 26.7 Å². The van der Waals surface area contributed by atoms with Crippen molar-refractivity contribution in [1.29, 1.82) is 5.26 Å². The number of benzene rings is 1. The molecule has 5 nitrogen and oxygen atoms in total. The Kier molecular flexibility index (Phi) is 5.55. The molecule has 0 aliphatic heterocycles. The van der Waals surface area contributed by atoms with Crippen molar-refractivity contribution in [2.24, 2.45) is 5.92 Å². The fourth-order valence-electron chi connectivity index (χ4n) is 1.83. The molecule has 0 aromatic heterocycles. The number of rotatable bonds is 5. The summed E-state index contributed by atoms with van der Waals surface area (Å²) < 4.78 is 9.22. The van der Waals surface area contributed by atoms with Gasteiger partial charge in [-0.25, -0.2) is 0 Å². The van der Waals surface area contributed by atoms with Crippen LogP contribution >= 0.6 is 0 Å². The van der Waals surface area contributed by atoms with Gasteiger partial charge in [0.15, 0.2) is 5.92 Å². The van der Waals surface area contributed by atoms with Crippen LogP contribution in [-0.4, -0.2) is 26.2 Å². The molecule has 1 rings (SSSR count). The molecular formula is C14H15NO4. The molecular weight excluding hydrogens is 246 g/mol. The van der Waals surface area contributed by atoms with Gasteiger partial charge in [-0.15, -0.1) is 0 Å². The van der Waals surface area contributed by atoms with E-state index in [0.717, 1.165) is 5.56 Å². The van der Waals surface area contributed by atoms with Crippen molar-refractivity contribution >= 4 is 11.9 Å². The molecule has 0 saturated heterocycles. The van der Waals surface area contributed by atoms with Crippen molar-refractivity contribution in [2.75, 3.05) is 14.2 Å². The predicted molar refractivity (Wildman–Crippen MR) is 66.9 cm³/mol. The second kappa shape index (κ2) is 7.17. The second-order valence-corrected chi connectivity index (χ2v) is 3.93. The van der Waals surface area contributed by atoms with E-state index >= 15 is 0 Å². The molecule has 0 saturated carbocycles. The lowest BCUT2D eigenvalue weighted by atomic mass is 9.84. The standard InChI is InChI=1S/C14H15NO4/c1-18-13(16)8-11(10-6-4-3-5-7-10)12(9-15)14(17)19-2/h3-7,11-12H,8H2,1-2H3. The predicted octanol–water partition coefficient (Wildman–Crippen LogP) is 1.65. The van der Waals surface area contributed by atoms with E-state index in [1.165, 1.54) is 14.2 Å². The first-order valence-electron chi connectivity index (χ1n) is 5.73. The highest BCUT2D eigenvalue weighted by Gasteiger charge is 2.32. The molecule has 100 valence electrons. The molecule has 0 N–H and O–H groups in total. The highest BCUT2D eigenvalue weighted by atomic mass is 16.5. The minimum Gasteiger partial charge on any atom is -0.469 e. The Morgan fingerprint density at radius 1 is 1.21 bits per heavy atom. The molecule has 19 heavy (non-hydrogen) atoms. The number of carbonyl (C=O) groups excluding carboxylic acids is 2. The van der Waals surface area contributed by atoms with Crippen molar-refractivity contribution in [3.05, 3.63) is 35.9 Å². The van der Waals surface area contributed by atoms with E-state index in [-0.39, 0.29) is 6.42 Å². The van der Waals surface area contributed by atoms with Gasteiger partial charge in [0.1, 0.15) is 0 Å². The van der Waals surface area contributed by atoms with Crippen LogP contribution in [0, 0.1) is 17.2 Å². The average molecular weight is 261 g/mol. The van der Waals surface area contributed by atoms with E-state index in [1.54, 1.807) is 24.3 Å². The van der Waals surface area contributed by atoms with Crippen LogP contribution in [0.1, 0.15) is 17.9 Å². The summed E-state index contributed by atoms with van der Waals surface area (Å²) in [6.45, 7) is 0. The Bertz CT molecular complexity index is 478. The van der Waals surface area contributed by atoms with Gasteiger partial charge in [0.25, 0.3) is 0 Å². The van der Waals surface area contributed by atoms with Crippen LogP contribution in [0.3, 0.4) is 0 Å². The first kappa shape index (κ1) is 14.7. The molecule has 1 aromatic carbocycles. The molecule has 0 bridgehead atoms. The monoisotopic (exact) mass is 261 g/mol. The van der Waals surface area contributed by atoms with Crippen LogP contribution in [-0.2, 0) is 19.1 Å². The maximum atomic E-state index is 11.6. The van der Waals surface area contributed by atoms with Crippen molar-refractivity contribution < 1.29 is 19.1 Å². The van der Waals surface area contributed by atoms with Gasteiger partial charge in [0, 0.05) is 5.92 Å². The number of hydrogen-bond acceptors (Lipinski definition) is 5. The van der Waals surface area contributed by atoms with Gasteiger partial charge in [-0.2, -0.15) is 5.26 Å². The zero-order valence-corrected chi connectivity index (χ0v) is 10.8. The third kappa shape index (κ3) is 3.81. The number of nitriles is 1. The van der Waals surface area contributed by atoms with Crippen LogP contribution in [0.2, 0.25) is 0 Å². The van der Waals surface area contributed by atoms with Crippen molar-refractivity contribution in [3.8, 4) is 6.07 Å². The Balaban J connectivity index is 3.08. The summed E-state index contributed by atoms with van der Waals surface area (Å²) >= 11 is 0. The number of nitrogens with zero attached hydrogens (tertiary/aromatic N) is 1. The summed E-state index contributed by atoms with van der Waals surface area (Å²) in [5.41, 5.74) is 0.727. The van der Waals surface area contributed by atoms with Crippen LogP contribution < -0.4 is 0 Å². The molecule has 0 amide bonds. The maximum absolute atomic E-state index is 11.6. The number of hydrogen-bond donors (Lipinski definition) is 0. The van der Waals surface area contributed by atoms with Crippen LogP contribution in [0.25, 0.3) is 0 Å². The molecule has 0 heterocycles.